The molecule has 128 valence electrons. The Hall–Kier alpha value is -2.80. The van der Waals surface area contributed by atoms with Gasteiger partial charge < -0.3 is 24.1 Å². The molecule has 2 aromatic rings. The highest BCUT2D eigenvalue weighted by atomic mass is 79.9. The number of carboxylic acid groups (broad SMARTS) is 1. The van der Waals surface area contributed by atoms with E-state index in [1.807, 2.05) is 0 Å². The maximum atomic E-state index is 11.8. The standard InChI is InChI=1S/C18H13BrO6/c1-23-13-8-4-12(5-9-13)18(15(19)10-16(20)25-18)24-14-6-2-11(3-7-14)17(21)22/h2-10H,1H3,(H,21,22)/p-1. The van der Waals surface area contributed by atoms with Crippen LogP contribution in [0.2, 0.25) is 0 Å². The van der Waals surface area contributed by atoms with Crippen LogP contribution in [0.25, 0.3) is 0 Å². The second kappa shape index (κ2) is 6.60. The zero-order chi connectivity index (χ0) is 18.0. The van der Waals surface area contributed by atoms with Crippen molar-refractivity contribution in [2.75, 3.05) is 7.11 Å². The predicted octanol–water partition coefficient (Wildman–Crippen LogP) is 2.13. The second-order valence-corrected chi connectivity index (χ2v) is 6.03. The molecule has 1 unspecified atom stereocenters. The monoisotopic (exact) mass is 403 g/mol. The third-order valence-corrected chi connectivity index (χ3v) is 4.38. The summed E-state index contributed by atoms with van der Waals surface area (Å²) >= 11 is 3.32. The topological polar surface area (TPSA) is 84.9 Å². The lowest BCUT2D eigenvalue weighted by molar-refractivity contribution is -0.255. The molecule has 0 saturated heterocycles. The number of esters is 1. The number of methoxy groups -OCH3 is 1. The first-order valence-electron chi connectivity index (χ1n) is 7.20. The number of benzene rings is 2. The molecule has 0 radical (unpaired) electrons. The first kappa shape index (κ1) is 17.0. The van der Waals surface area contributed by atoms with Crippen molar-refractivity contribution in [1.82, 2.24) is 0 Å². The predicted molar refractivity (Wildman–Crippen MR) is 89.2 cm³/mol. The molecule has 2 aromatic carbocycles. The van der Waals surface area contributed by atoms with Gasteiger partial charge in [-0.25, -0.2) is 4.79 Å². The SMILES string of the molecule is COc1ccc(C2(Oc3ccc(C(=O)[O-])cc3)OC(=O)C=C2Br)cc1. The minimum absolute atomic E-state index is 0.0175. The van der Waals surface area contributed by atoms with E-state index in [4.69, 9.17) is 14.2 Å². The Bertz CT molecular complexity index is 841. The molecule has 0 bridgehead atoms. The molecule has 0 saturated carbocycles. The average Bonchev–Trinajstić information content (AvgIpc) is 2.89. The molecular formula is C18H12BrO6-. The van der Waals surface area contributed by atoms with Crippen molar-refractivity contribution in [1.29, 1.82) is 0 Å². The first-order valence-corrected chi connectivity index (χ1v) is 7.99. The summed E-state index contributed by atoms with van der Waals surface area (Å²) in [6.07, 6.45) is 1.28. The number of carbonyl (C=O) groups excluding carboxylic acids is 2. The molecule has 0 fully saturated rings. The summed E-state index contributed by atoms with van der Waals surface area (Å²) in [6.45, 7) is 0. The Labute approximate surface area is 151 Å². The van der Waals surface area contributed by atoms with Gasteiger partial charge in [-0.05, 0) is 70.0 Å². The third kappa shape index (κ3) is 3.23. The second-order valence-electron chi connectivity index (χ2n) is 5.17. The maximum Gasteiger partial charge on any atom is 0.335 e. The lowest BCUT2D eigenvalue weighted by Gasteiger charge is -2.30. The zero-order valence-electron chi connectivity index (χ0n) is 13.0. The lowest BCUT2D eigenvalue weighted by Crippen LogP contribution is -2.34. The number of carboxylic acids is 1. The molecular weight excluding hydrogens is 392 g/mol. The molecule has 1 aliphatic rings. The van der Waals surface area contributed by atoms with E-state index in [-0.39, 0.29) is 5.56 Å². The number of aromatic carboxylic acids is 1. The van der Waals surface area contributed by atoms with Crippen LogP contribution in [0, 0.1) is 0 Å². The van der Waals surface area contributed by atoms with Crippen molar-refractivity contribution in [2.24, 2.45) is 0 Å². The van der Waals surface area contributed by atoms with Crippen LogP contribution in [-0.4, -0.2) is 19.0 Å². The number of rotatable bonds is 5. The summed E-state index contributed by atoms with van der Waals surface area (Å²) in [5, 5.41) is 10.8. The molecule has 0 aromatic heterocycles. The largest absolute Gasteiger partial charge is 0.545 e. The summed E-state index contributed by atoms with van der Waals surface area (Å²) in [5.41, 5.74) is 0.579. The molecule has 3 rings (SSSR count). The van der Waals surface area contributed by atoms with Gasteiger partial charge in [-0.3, -0.25) is 0 Å². The van der Waals surface area contributed by atoms with Crippen LogP contribution in [-0.2, 0) is 15.3 Å². The molecule has 1 atom stereocenters. The van der Waals surface area contributed by atoms with Crippen molar-refractivity contribution < 1.29 is 28.9 Å². The summed E-state index contributed by atoms with van der Waals surface area (Å²) in [6, 6.07) is 12.5. The van der Waals surface area contributed by atoms with E-state index >= 15 is 0 Å². The number of carbonyl (C=O) groups is 2. The Kier molecular flexibility index (Phi) is 4.50. The van der Waals surface area contributed by atoms with Gasteiger partial charge in [0.25, 0.3) is 0 Å². The summed E-state index contributed by atoms with van der Waals surface area (Å²) in [5.74, 6) is -2.38. The molecule has 0 aliphatic carbocycles. The van der Waals surface area contributed by atoms with Gasteiger partial charge in [-0.15, -0.1) is 0 Å². The van der Waals surface area contributed by atoms with Crippen molar-refractivity contribution in [3.8, 4) is 11.5 Å². The Morgan fingerprint density at radius 2 is 1.68 bits per heavy atom. The van der Waals surface area contributed by atoms with E-state index < -0.39 is 17.7 Å². The highest BCUT2D eigenvalue weighted by Crippen LogP contribution is 2.43. The van der Waals surface area contributed by atoms with Gasteiger partial charge in [0.1, 0.15) is 11.5 Å². The van der Waals surface area contributed by atoms with Crippen LogP contribution in [0.1, 0.15) is 15.9 Å². The molecule has 6 nitrogen and oxygen atoms in total. The van der Waals surface area contributed by atoms with Crippen molar-refractivity contribution >= 4 is 27.9 Å². The van der Waals surface area contributed by atoms with E-state index in [0.29, 0.717) is 21.5 Å². The fraction of sp³-hybridized carbons (Fsp3) is 0.111. The molecule has 0 N–H and O–H groups in total. The van der Waals surface area contributed by atoms with E-state index in [1.54, 1.807) is 31.4 Å². The molecule has 25 heavy (non-hydrogen) atoms. The van der Waals surface area contributed by atoms with Gasteiger partial charge in [-0.2, -0.15) is 0 Å². The van der Waals surface area contributed by atoms with Crippen LogP contribution in [0.4, 0.5) is 0 Å². The number of hydrogen-bond acceptors (Lipinski definition) is 6. The molecule has 0 amide bonds. The molecule has 7 heteroatoms. The van der Waals surface area contributed by atoms with Gasteiger partial charge in [0.15, 0.2) is 0 Å². The Morgan fingerprint density at radius 1 is 1.08 bits per heavy atom. The fourth-order valence-electron chi connectivity index (χ4n) is 2.38. The van der Waals surface area contributed by atoms with Crippen LogP contribution in [0.3, 0.4) is 0 Å². The molecule has 1 heterocycles. The number of cyclic esters (lactones) is 1. The van der Waals surface area contributed by atoms with Crippen LogP contribution >= 0.6 is 15.9 Å². The van der Waals surface area contributed by atoms with E-state index in [2.05, 4.69) is 15.9 Å². The Morgan fingerprint density at radius 3 is 2.16 bits per heavy atom. The van der Waals surface area contributed by atoms with Gasteiger partial charge in [0.2, 0.25) is 0 Å². The maximum absolute atomic E-state index is 11.8. The first-order chi connectivity index (χ1) is 11.9. The van der Waals surface area contributed by atoms with Crippen LogP contribution < -0.4 is 14.6 Å². The van der Waals surface area contributed by atoms with Crippen molar-refractivity contribution in [2.45, 2.75) is 5.79 Å². The van der Waals surface area contributed by atoms with Gasteiger partial charge in [0, 0.05) is 11.6 Å². The lowest BCUT2D eigenvalue weighted by atomic mass is 10.1. The summed E-state index contributed by atoms with van der Waals surface area (Å²) in [4.78, 5) is 22.6. The Balaban J connectivity index is 1.99. The van der Waals surface area contributed by atoms with E-state index in [1.165, 1.54) is 30.3 Å². The quantitative estimate of drug-likeness (QED) is 0.710. The highest BCUT2D eigenvalue weighted by molar-refractivity contribution is 9.11. The van der Waals surface area contributed by atoms with Crippen molar-refractivity contribution in [3.05, 3.63) is 70.2 Å². The highest BCUT2D eigenvalue weighted by Gasteiger charge is 2.47. The number of hydrogen-bond donors (Lipinski definition) is 0. The summed E-state index contributed by atoms with van der Waals surface area (Å²) < 4.78 is 16.9. The zero-order valence-corrected chi connectivity index (χ0v) is 14.6. The normalized spacial score (nSPS) is 19.1. The van der Waals surface area contributed by atoms with Crippen molar-refractivity contribution in [3.63, 3.8) is 0 Å². The van der Waals surface area contributed by atoms with Gasteiger partial charge >= 0.3 is 11.8 Å². The average molecular weight is 404 g/mol. The smallest absolute Gasteiger partial charge is 0.335 e. The van der Waals surface area contributed by atoms with Crippen LogP contribution in [0.15, 0.2) is 59.1 Å². The minimum atomic E-state index is -1.49. The van der Waals surface area contributed by atoms with E-state index in [0.717, 1.165) is 0 Å². The minimum Gasteiger partial charge on any atom is -0.545 e. The summed E-state index contributed by atoms with van der Waals surface area (Å²) in [7, 11) is 1.55. The molecule has 0 spiro atoms. The van der Waals surface area contributed by atoms with Crippen LogP contribution in [0.5, 0.6) is 11.5 Å². The van der Waals surface area contributed by atoms with E-state index in [9.17, 15) is 14.7 Å². The fourth-order valence-corrected chi connectivity index (χ4v) is 2.96. The van der Waals surface area contributed by atoms with Gasteiger partial charge in [0.05, 0.1) is 17.6 Å². The molecule has 1 aliphatic heterocycles. The number of halogens is 1. The van der Waals surface area contributed by atoms with Gasteiger partial charge in [-0.1, -0.05) is 0 Å². The third-order valence-electron chi connectivity index (χ3n) is 3.62. The number of ether oxygens (including phenoxy) is 3.